The molecule has 0 saturated heterocycles. The highest BCUT2D eigenvalue weighted by Gasteiger charge is 2.25. The highest BCUT2D eigenvalue weighted by atomic mass is 16.5. The maximum Gasteiger partial charge on any atom is 0.309 e. The smallest absolute Gasteiger partial charge is 0.309 e. The van der Waals surface area contributed by atoms with Gasteiger partial charge in [0, 0.05) is 0 Å². The maximum atomic E-state index is 12.2. The molecule has 1 unspecified atom stereocenters. The number of esters is 1. The normalized spacial score (nSPS) is 17.3. The average molecular weight is 266 g/mol. The number of aryl methyl sites for hydroxylation is 1. The number of hydrogen-bond acceptors (Lipinski definition) is 2. The van der Waals surface area contributed by atoms with Gasteiger partial charge in [0.15, 0.2) is 0 Å². The van der Waals surface area contributed by atoms with E-state index in [4.69, 9.17) is 4.74 Å². The van der Waals surface area contributed by atoms with Crippen LogP contribution in [0.15, 0.2) is 54.6 Å². The number of ether oxygens (including phenoxy) is 1. The standard InChI is InChI=1S/C18H18O2/c19-18(20-13-14-6-2-1-3-7-14)17-11-10-15-8-4-5-9-16(15)12-17/h1-9,17H,10-13H2. The van der Waals surface area contributed by atoms with Crippen LogP contribution in [-0.2, 0) is 29.0 Å². The zero-order valence-corrected chi connectivity index (χ0v) is 11.4. The van der Waals surface area contributed by atoms with Gasteiger partial charge in [-0.3, -0.25) is 4.79 Å². The molecule has 2 nitrogen and oxygen atoms in total. The average Bonchev–Trinajstić information content (AvgIpc) is 2.53. The molecular weight excluding hydrogens is 248 g/mol. The van der Waals surface area contributed by atoms with Crippen molar-refractivity contribution in [3.8, 4) is 0 Å². The van der Waals surface area contributed by atoms with Gasteiger partial charge in [-0.1, -0.05) is 54.6 Å². The Kier molecular flexibility index (Phi) is 3.82. The third kappa shape index (κ3) is 2.90. The Hall–Kier alpha value is -2.09. The summed E-state index contributed by atoms with van der Waals surface area (Å²) in [6.45, 7) is 0.373. The van der Waals surface area contributed by atoms with Crippen LogP contribution in [0.2, 0.25) is 0 Å². The lowest BCUT2D eigenvalue weighted by Gasteiger charge is -2.23. The van der Waals surface area contributed by atoms with Gasteiger partial charge in [0.05, 0.1) is 5.92 Å². The van der Waals surface area contributed by atoms with Crippen molar-refractivity contribution in [1.82, 2.24) is 0 Å². The van der Waals surface area contributed by atoms with Crippen LogP contribution < -0.4 is 0 Å². The molecule has 0 heterocycles. The van der Waals surface area contributed by atoms with E-state index in [1.807, 2.05) is 36.4 Å². The van der Waals surface area contributed by atoms with Crippen LogP contribution in [-0.4, -0.2) is 5.97 Å². The lowest BCUT2D eigenvalue weighted by Crippen LogP contribution is -2.24. The maximum absolute atomic E-state index is 12.2. The molecule has 0 spiro atoms. The second-order valence-corrected chi connectivity index (χ2v) is 5.30. The molecule has 102 valence electrons. The van der Waals surface area contributed by atoms with Gasteiger partial charge in [-0.05, 0) is 36.0 Å². The minimum Gasteiger partial charge on any atom is -0.461 e. The Bertz CT molecular complexity index is 589. The van der Waals surface area contributed by atoms with Crippen molar-refractivity contribution in [2.45, 2.75) is 25.9 Å². The molecule has 1 aliphatic rings. The number of hydrogen-bond donors (Lipinski definition) is 0. The molecule has 20 heavy (non-hydrogen) atoms. The van der Waals surface area contributed by atoms with E-state index in [1.165, 1.54) is 11.1 Å². The molecule has 0 bridgehead atoms. The van der Waals surface area contributed by atoms with Gasteiger partial charge in [0.1, 0.15) is 6.61 Å². The van der Waals surface area contributed by atoms with Crippen molar-refractivity contribution in [2.75, 3.05) is 0 Å². The molecule has 0 N–H and O–H groups in total. The quantitative estimate of drug-likeness (QED) is 0.794. The van der Waals surface area contributed by atoms with E-state index in [-0.39, 0.29) is 11.9 Å². The van der Waals surface area contributed by atoms with E-state index in [0.717, 1.165) is 24.8 Å². The molecule has 0 aromatic heterocycles. The number of benzene rings is 2. The first-order valence-corrected chi connectivity index (χ1v) is 7.10. The lowest BCUT2D eigenvalue weighted by molar-refractivity contribution is -0.150. The Balaban J connectivity index is 1.59. The van der Waals surface area contributed by atoms with Crippen molar-refractivity contribution >= 4 is 5.97 Å². The molecule has 0 fully saturated rings. The fraction of sp³-hybridized carbons (Fsp3) is 0.278. The second-order valence-electron chi connectivity index (χ2n) is 5.30. The van der Waals surface area contributed by atoms with Crippen molar-refractivity contribution in [2.24, 2.45) is 5.92 Å². The number of carbonyl (C=O) groups is 1. The topological polar surface area (TPSA) is 26.3 Å². The van der Waals surface area contributed by atoms with Gasteiger partial charge in [-0.2, -0.15) is 0 Å². The molecule has 2 aromatic carbocycles. The Morgan fingerprint density at radius 3 is 2.50 bits per heavy atom. The van der Waals surface area contributed by atoms with Crippen LogP contribution in [0.5, 0.6) is 0 Å². The third-order valence-corrected chi connectivity index (χ3v) is 3.90. The molecule has 0 radical (unpaired) electrons. The minimum absolute atomic E-state index is 0.00797. The van der Waals surface area contributed by atoms with Gasteiger partial charge >= 0.3 is 5.97 Å². The highest BCUT2D eigenvalue weighted by molar-refractivity contribution is 5.73. The van der Waals surface area contributed by atoms with Crippen LogP contribution in [0.1, 0.15) is 23.1 Å². The first-order valence-electron chi connectivity index (χ1n) is 7.10. The van der Waals surface area contributed by atoms with Crippen molar-refractivity contribution < 1.29 is 9.53 Å². The summed E-state index contributed by atoms with van der Waals surface area (Å²) < 4.78 is 5.44. The largest absolute Gasteiger partial charge is 0.461 e. The van der Waals surface area contributed by atoms with E-state index in [9.17, 15) is 4.79 Å². The van der Waals surface area contributed by atoms with Crippen molar-refractivity contribution in [3.05, 3.63) is 71.3 Å². The Labute approximate surface area is 119 Å². The summed E-state index contributed by atoms with van der Waals surface area (Å²) in [6, 6.07) is 18.2. The molecule has 0 saturated carbocycles. The molecule has 0 aliphatic heterocycles. The van der Waals surface area contributed by atoms with Crippen LogP contribution in [0.3, 0.4) is 0 Å². The first-order chi connectivity index (χ1) is 9.83. The Morgan fingerprint density at radius 1 is 1.00 bits per heavy atom. The molecule has 2 aromatic rings. The number of carbonyl (C=O) groups excluding carboxylic acids is 1. The summed E-state index contributed by atoms with van der Waals surface area (Å²) in [5.41, 5.74) is 3.71. The zero-order valence-electron chi connectivity index (χ0n) is 11.4. The van der Waals surface area contributed by atoms with Gasteiger partial charge in [0.25, 0.3) is 0 Å². The van der Waals surface area contributed by atoms with Crippen LogP contribution in [0.25, 0.3) is 0 Å². The molecule has 1 atom stereocenters. The molecular formula is C18H18O2. The van der Waals surface area contributed by atoms with E-state index in [1.54, 1.807) is 0 Å². The van der Waals surface area contributed by atoms with E-state index in [0.29, 0.717) is 6.61 Å². The molecule has 0 amide bonds. The second kappa shape index (κ2) is 5.91. The number of fused-ring (bicyclic) bond motifs is 1. The van der Waals surface area contributed by atoms with Crippen molar-refractivity contribution in [1.29, 1.82) is 0 Å². The van der Waals surface area contributed by atoms with Crippen LogP contribution >= 0.6 is 0 Å². The van der Waals surface area contributed by atoms with Crippen LogP contribution in [0.4, 0.5) is 0 Å². The Morgan fingerprint density at radius 2 is 1.70 bits per heavy atom. The monoisotopic (exact) mass is 266 g/mol. The van der Waals surface area contributed by atoms with Crippen molar-refractivity contribution in [3.63, 3.8) is 0 Å². The van der Waals surface area contributed by atoms with Gasteiger partial charge in [0.2, 0.25) is 0 Å². The first kappa shape index (κ1) is 12.9. The summed E-state index contributed by atoms with van der Waals surface area (Å²) in [4.78, 5) is 12.2. The van der Waals surface area contributed by atoms with E-state index >= 15 is 0 Å². The summed E-state index contributed by atoms with van der Waals surface area (Å²) in [7, 11) is 0. The van der Waals surface area contributed by atoms with Gasteiger partial charge < -0.3 is 4.74 Å². The van der Waals surface area contributed by atoms with E-state index < -0.39 is 0 Å². The summed E-state index contributed by atoms with van der Waals surface area (Å²) in [6.07, 6.45) is 2.68. The summed E-state index contributed by atoms with van der Waals surface area (Å²) >= 11 is 0. The fourth-order valence-electron chi connectivity index (χ4n) is 2.75. The number of rotatable bonds is 3. The van der Waals surface area contributed by atoms with Crippen LogP contribution in [0, 0.1) is 5.92 Å². The van der Waals surface area contributed by atoms with Gasteiger partial charge in [-0.25, -0.2) is 0 Å². The lowest BCUT2D eigenvalue weighted by atomic mass is 9.84. The SMILES string of the molecule is O=C(OCc1ccccc1)C1CCc2ccccc2C1. The van der Waals surface area contributed by atoms with Gasteiger partial charge in [-0.15, -0.1) is 0 Å². The molecule has 1 aliphatic carbocycles. The minimum atomic E-state index is -0.0663. The van der Waals surface area contributed by atoms with E-state index in [2.05, 4.69) is 18.2 Å². The predicted octanol–water partition coefficient (Wildman–Crippen LogP) is 3.53. The molecule has 2 heteroatoms. The predicted molar refractivity (Wildman–Crippen MR) is 78.2 cm³/mol. The fourth-order valence-corrected chi connectivity index (χ4v) is 2.75. The molecule has 3 rings (SSSR count). The summed E-state index contributed by atoms with van der Waals surface area (Å²) in [5.74, 6) is -0.0584. The highest BCUT2D eigenvalue weighted by Crippen LogP contribution is 2.26. The summed E-state index contributed by atoms with van der Waals surface area (Å²) in [5, 5.41) is 0. The zero-order chi connectivity index (χ0) is 13.8. The third-order valence-electron chi connectivity index (χ3n) is 3.90.